The largest absolute Gasteiger partial charge is 0.497 e. The molecule has 23 heavy (non-hydrogen) atoms. The van der Waals surface area contributed by atoms with Gasteiger partial charge in [-0.1, -0.05) is 12.1 Å². The van der Waals surface area contributed by atoms with Crippen LogP contribution in [0.2, 0.25) is 0 Å². The Morgan fingerprint density at radius 2 is 1.83 bits per heavy atom. The van der Waals surface area contributed by atoms with E-state index in [1.807, 2.05) is 38.1 Å². The predicted octanol–water partition coefficient (Wildman–Crippen LogP) is 2.58. The van der Waals surface area contributed by atoms with Gasteiger partial charge in [0.15, 0.2) is 0 Å². The Labute approximate surface area is 136 Å². The van der Waals surface area contributed by atoms with Gasteiger partial charge in [0.1, 0.15) is 17.3 Å². The Bertz CT molecular complexity index is 622. The van der Waals surface area contributed by atoms with Crippen LogP contribution in [0.3, 0.4) is 0 Å². The first-order valence-electron chi connectivity index (χ1n) is 7.66. The molecule has 6 heteroatoms. The molecule has 0 unspecified atom stereocenters. The van der Waals surface area contributed by atoms with Crippen LogP contribution in [-0.4, -0.2) is 41.0 Å². The fourth-order valence-corrected chi connectivity index (χ4v) is 2.14. The van der Waals surface area contributed by atoms with E-state index in [1.54, 1.807) is 18.2 Å². The third-order valence-corrected chi connectivity index (χ3v) is 3.55. The standard InChI is InChI=1S/C17H22N4O2/c1-4-21(5-2)17(22)15-11-20-16(12-18-15)19-10-13-6-8-14(23-3)9-7-13/h6-9,11-12H,4-5,10H2,1-3H3,(H,19,20). The highest BCUT2D eigenvalue weighted by Gasteiger charge is 2.14. The molecular weight excluding hydrogens is 292 g/mol. The van der Waals surface area contributed by atoms with E-state index in [1.165, 1.54) is 6.20 Å². The zero-order chi connectivity index (χ0) is 16.7. The van der Waals surface area contributed by atoms with Crippen molar-refractivity contribution in [2.45, 2.75) is 20.4 Å². The van der Waals surface area contributed by atoms with Crippen molar-refractivity contribution in [3.63, 3.8) is 0 Å². The van der Waals surface area contributed by atoms with Crippen LogP contribution in [0.15, 0.2) is 36.7 Å². The van der Waals surface area contributed by atoms with E-state index in [0.29, 0.717) is 31.1 Å². The number of nitrogens with one attached hydrogen (secondary N) is 1. The second-order valence-electron chi connectivity index (χ2n) is 4.97. The first-order chi connectivity index (χ1) is 11.2. The minimum absolute atomic E-state index is 0.0933. The number of carbonyl (C=O) groups is 1. The second-order valence-corrected chi connectivity index (χ2v) is 4.97. The van der Waals surface area contributed by atoms with E-state index < -0.39 is 0 Å². The molecule has 6 nitrogen and oxygen atoms in total. The zero-order valence-corrected chi connectivity index (χ0v) is 13.7. The average molecular weight is 314 g/mol. The maximum atomic E-state index is 12.1. The molecule has 0 atom stereocenters. The minimum atomic E-state index is -0.0933. The van der Waals surface area contributed by atoms with Crippen molar-refractivity contribution in [1.29, 1.82) is 0 Å². The van der Waals surface area contributed by atoms with E-state index in [9.17, 15) is 4.79 Å². The van der Waals surface area contributed by atoms with E-state index in [4.69, 9.17) is 4.74 Å². The van der Waals surface area contributed by atoms with Crippen LogP contribution >= 0.6 is 0 Å². The van der Waals surface area contributed by atoms with Gasteiger partial charge in [-0.2, -0.15) is 0 Å². The summed E-state index contributed by atoms with van der Waals surface area (Å²) in [6.45, 7) is 5.84. The summed E-state index contributed by atoms with van der Waals surface area (Å²) in [5.41, 5.74) is 1.47. The predicted molar refractivity (Wildman–Crippen MR) is 89.6 cm³/mol. The molecule has 122 valence electrons. The number of amides is 1. The van der Waals surface area contributed by atoms with Crippen molar-refractivity contribution in [2.75, 3.05) is 25.5 Å². The quantitative estimate of drug-likeness (QED) is 0.851. The van der Waals surface area contributed by atoms with Crippen molar-refractivity contribution in [3.05, 3.63) is 47.9 Å². The number of ether oxygens (including phenoxy) is 1. The third-order valence-electron chi connectivity index (χ3n) is 3.55. The van der Waals surface area contributed by atoms with Gasteiger partial charge < -0.3 is 15.0 Å². The second kappa shape index (κ2) is 8.12. The normalized spacial score (nSPS) is 10.2. The fourth-order valence-electron chi connectivity index (χ4n) is 2.14. The van der Waals surface area contributed by atoms with Crippen molar-refractivity contribution < 1.29 is 9.53 Å². The van der Waals surface area contributed by atoms with Gasteiger partial charge in [-0.05, 0) is 31.5 Å². The first-order valence-corrected chi connectivity index (χ1v) is 7.66. The minimum Gasteiger partial charge on any atom is -0.497 e. The van der Waals surface area contributed by atoms with Crippen LogP contribution < -0.4 is 10.1 Å². The zero-order valence-electron chi connectivity index (χ0n) is 13.7. The molecule has 1 amide bonds. The molecule has 1 aromatic carbocycles. The number of hydrogen-bond donors (Lipinski definition) is 1. The van der Waals surface area contributed by atoms with Crippen LogP contribution in [0, 0.1) is 0 Å². The molecule has 2 rings (SSSR count). The van der Waals surface area contributed by atoms with Crippen LogP contribution in [0.4, 0.5) is 5.82 Å². The molecule has 0 fully saturated rings. The van der Waals surface area contributed by atoms with Gasteiger partial charge in [0.05, 0.1) is 19.5 Å². The summed E-state index contributed by atoms with van der Waals surface area (Å²) in [7, 11) is 1.64. The SMILES string of the molecule is CCN(CC)C(=O)c1cnc(NCc2ccc(OC)cc2)cn1. The lowest BCUT2D eigenvalue weighted by molar-refractivity contribution is 0.0766. The van der Waals surface area contributed by atoms with E-state index in [2.05, 4.69) is 15.3 Å². The van der Waals surface area contributed by atoms with E-state index >= 15 is 0 Å². The van der Waals surface area contributed by atoms with Crippen LogP contribution in [0.25, 0.3) is 0 Å². The molecule has 0 aliphatic carbocycles. The topological polar surface area (TPSA) is 67.4 Å². The first kappa shape index (κ1) is 16.7. The molecule has 0 aliphatic rings. The molecule has 0 spiro atoms. The number of anilines is 1. The molecule has 0 aliphatic heterocycles. The van der Waals surface area contributed by atoms with Crippen molar-refractivity contribution in [3.8, 4) is 5.75 Å². The summed E-state index contributed by atoms with van der Waals surface area (Å²) in [6, 6.07) is 7.79. The highest BCUT2D eigenvalue weighted by atomic mass is 16.5. The summed E-state index contributed by atoms with van der Waals surface area (Å²) in [5, 5.41) is 3.18. The number of hydrogen-bond acceptors (Lipinski definition) is 5. The van der Waals surface area contributed by atoms with Crippen LogP contribution in [0.1, 0.15) is 29.9 Å². The summed E-state index contributed by atoms with van der Waals surface area (Å²) < 4.78 is 5.13. The fraction of sp³-hybridized carbons (Fsp3) is 0.353. The number of carbonyl (C=O) groups excluding carboxylic acids is 1. The summed E-state index contributed by atoms with van der Waals surface area (Å²) >= 11 is 0. The van der Waals surface area contributed by atoms with Gasteiger partial charge in [-0.25, -0.2) is 9.97 Å². The van der Waals surface area contributed by atoms with Crippen LogP contribution in [-0.2, 0) is 6.54 Å². The van der Waals surface area contributed by atoms with Gasteiger partial charge in [-0.3, -0.25) is 4.79 Å². The molecule has 0 radical (unpaired) electrons. The Morgan fingerprint density at radius 3 is 2.35 bits per heavy atom. The lowest BCUT2D eigenvalue weighted by atomic mass is 10.2. The van der Waals surface area contributed by atoms with Crippen LogP contribution in [0.5, 0.6) is 5.75 Å². The van der Waals surface area contributed by atoms with Gasteiger partial charge in [0, 0.05) is 19.6 Å². The van der Waals surface area contributed by atoms with Gasteiger partial charge >= 0.3 is 0 Å². The molecule has 2 aromatic rings. The van der Waals surface area contributed by atoms with E-state index in [0.717, 1.165) is 11.3 Å². The Hall–Kier alpha value is -2.63. The monoisotopic (exact) mass is 314 g/mol. The molecule has 1 heterocycles. The average Bonchev–Trinajstić information content (AvgIpc) is 2.61. The molecule has 1 aromatic heterocycles. The Morgan fingerprint density at radius 1 is 1.13 bits per heavy atom. The number of rotatable bonds is 7. The third kappa shape index (κ3) is 4.42. The smallest absolute Gasteiger partial charge is 0.274 e. The number of methoxy groups -OCH3 is 1. The maximum absolute atomic E-state index is 12.1. The molecule has 1 N–H and O–H groups in total. The molecule has 0 saturated heterocycles. The van der Waals surface area contributed by atoms with Crippen molar-refractivity contribution in [1.82, 2.24) is 14.9 Å². The Kier molecular flexibility index (Phi) is 5.91. The van der Waals surface area contributed by atoms with Gasteiger partial charge in [0.25, 0.3) is 5.91 Å². The van der Waals surface area contributed by atoms with Crippen molar-refractivity contribution >= 4 is 11.7 Å². The molecule has 0 bridgehead atoms. The highest BCUT2D eigenvalue weighted by molar-refractivity contribution is 5.92. The highest BCUT2D eigenvalue weighted by Crippen LogP contribution is 2.12. The number of nitrogens with zero attached hydrogens (tertiary/aromatic N) is 3. The molecular formula is C17H22N4O2. The van der Waals surface area contributed by atoms with Gasteiger partial charge in [-0.15, -0.1) is 0 Å². The lowest BCUT2D eigenvalue weighted by Gasteiger charge is -2.17. The summed E-state index contributed by atoms with van der Waals surface area (Å²) in [5.74, 6) is 1.37. The summed E-state index contributed by atoms with van der Waals surface area (Å²) in [4.78, 5) is 22.3. The summed E-state index contributed by atoms with van der Waals surface area (Å²) in [6.07, 6.45) is 3.09. The van der Waals surface area contributed by atoms with E-state index in [-0.39, 0.29) is 5.91 Å². The number of aromatic nitrogens is 2. The molecule has 0 saturated carbocycles. The lowest BCUT2D eigenvalue weighted by Crippen LogP contribution is -2.31. The van der Waals surface area contributed by atoms with Gasteiger partial charge in [0.2, 0.25) is 0 Å². The Balaban J connectivity index is 1.95. The van der Waals surface area contributed by atoms with Crippen molar-refractivity contribution in [2.24, 2.45) is 0 Å². The maximum Gasteiger partial charge on any atom is 0.274 e. The number of benzene rings is 1.